The fourth-order valence-electron chi connectivity index (χ4n) is 2.77. The quantitative estimate of drug-likeness (QED) is 0.815. The van der Waals surface area contributed by atoms with Crippen molar-refractivity contribution in [3.63, 3.8) is 0 Å². The number of rotatable bonds is 3. The van der Waals surface area contributed by atoms with Gasteiger partial charge in [0.25, 0.3) is 0 Å². The van der Waals surface area contributed by atoms with Crippen molar-refractivity contribution in [1.82, 2.24) is 9.80 Å². The second-order valence-corrected chi connectivity index (χ2v) is 4.77. The monoisotopic (exact) mass is 248 g/mol. The molecule has 18 heavy (non-hydrogen) atoms. The summed E-state index contributed by atoms with van der Waals surface area (Å²) in [5.41, 5.74) is 0. The fraction of sp³-hybridized carbons (Fsp3) is 0.538. The summed E-state index contributed by atoms with van der Waals surface area (Å²) >= 11 is 0. The average Bonchev–Trinajstić information content (AvgIpc) is 3.05. The third kappa shape index (κ3) is 1.79. The van der Waals surface area contributed by atoms with Crippen LogP contribution in [-0.2, 0) is 9.59 Å². The van der Waals surface area contributed by atoms with Gasteiger partial charge >= 0.3 is 0 Å². The molecule has 5 heteroatoms. The number of furan rings is 1. The van der Waals surface area contributed by atoms with Crippen molar-refractivity contribution in [3.05, 3.63) is 24.2 Å². The van der Waals surface area contributed by atoms with Crippen LogP contribution < -0.4 is 0 Å². The minimum atomic E-state index is -0.343. The van der Waals surface area contributed by atoms with Crippen LogP contribution in [0.5, 0.6) is 0 Å². The van der Waals surface area contributed by atoms with E-state index >= 15 is 0 Å². The zero-order valence-electron chi connectivity index (χ0n) is 10.2. The lowest BCUT2D eigenvalue weighted by Gasteiger charge is -2.33. The average molecular weight is 248 g/mol. The molecule has 0 saturated carbocycles. The molecular weight excluding hydrogens is 232 g/mol. The van der Waals surface area contributed by atoms with Gasteiger partial charge in [0.1, 0.15) is 5.76 Å². The molecule has 0 aliphatic carbocycles. The van der Waals surface area contributed by atoms with Crippen LogP contribution in [0.15, 0.2) is 22.8 Å². The van der Waals surface area contributed by atoms with Gasteiger partial charge in [0.05, 0.1) is 6.26 Å². The molecule has 2 amide bonds. The van der Waals surface area contributed by atoms with E-state index in [2.05, 4.69) is 0 Å². The van der Waals surface area contributed by atoms with Gasteiger partial charge in [-0.05, 0) is 25.0 Å². The van der Waals surface area contributed by atoms with Crippen molar-refractivity contribution in [1.29, 1.82) is 0 Å². The van der Waals surface area contributed by atoms with Crippen LogP contribution in [0.25, 0.3) is 0 Å². The molecule has 96 valence electrons. The number of likely N-dealkylation sites (tertiary alicyclic amines) is 2. The first-order chi connectivity index (χ1) is 8.77. The molecule has 5 nitrogen and oxygen atoms in total. The van der Waals surface area contributed by atoms with Gasteiger partial charge in [0.2, 0.25) is 11.8 Å². The van der Waals surface area contributed by atoms with Crippen molar-refractivity contribution in [3.8, 4) is 0 Å². The van der Waals surface area contributed by atoms with E-state index in [1.54, 1.807) is 22.1 Å². The zero-order valence-corrected chi connectivity index (χ0v) is 10.2. The maximum absolute atomic E-state index is 11.9. The third-order valence-electron chi connectivity index (χ3n) is 3.61. The standard InChI is InChI=1S/C13H16N2O3/c16-11-5-1-7-14(11)13(10-4-3-9-18-10)15-8-2-6-12(15)17/h3-4,9,13H,1-2,5-8H2. The number of amides is 2. The van der Waals surface area contributed by atoms with Gasteiger partial charge in [-0.3, -0.25) is 9.59 Å². The minimum absolute atomic E-state index is 0.108. The maximum Gasteiger partial charge on any atom is 0.224 e. The van der Waals surface area contributed by atoms with E-state index in [1.165, 1.54) is 0 Å². The second-order valence-electron chi connectivity index (χ2n) is 4.77. The van der Waals surface area contributed by atoms with Crippen molar-refractivity contribution in [2.45, 2.75) is 31.8 Å². The Morgan fingerprint density at radius 3 is 2.06 bits per heavy atom. The number of hydrogen-bond donors (Lipinski definition) is 0. The molecule has 2 aliphatic rings. The van der Waals surface area contributed by atoms with E-state index < -0.39 is 0 Å². The van der Waals surface area contributed by atoms with Gasteiger partial charge < -0.3 is 14.2 Å². The van der Waals surface area contributed by atoms with E-state index in [1.807, 2.05) is 6.07 Å². The Labute approximate surface area is 105 Å². The van der Waals surface area contributed by atoms with Crippen LogP contribution >= 0.6 is 0 Å². The van der Waals surface area contributed by atoms with Gasteiger partial charge in [-0.2, -0.15) is 0 Å². The Balaban J connectivity index is 1.93. The largest absolute Gasteiger partial charge is 0.465 e. The molecule has 0 N–H and O–H groups in total. The first-order valence-electron chi connectivity index (χ1n) is 6.40. The lowest BCUT2D eigenvalue weighted by molar-refractivity contribution is -0.141. The Hall–Kier alpha value is -1.78. The Bertz CT molecular complexity index is 429. The molecule has 3 heterocycles. The lowest BCUT2D eigenvalue weighted by Crippen LogP contribution is -2.42. The molecule has 2 fully saturated rings. The molecule has 0 aromatic carbocycles. The summed E-state index contributed by atoms with van der Waals surface area (Å²) in [7, 11) is 0. The van der Waals surface area contributed by atoms with Gasteiger partial charge in [0, 0.05) is 25.9 Å². The van der Waals surface area contributed by atoms with Crippen LogP contribution in [0.1, 0.15) is 37.6 Å². The first kappa shape index (κ1) is 11.3. The van der Waals surface area contributed by atoms with E-state index in [9.17, 15) is 9.59 Å². The highest BCUT2D eigenvalue weighted by Crippen LogP contribution is 2.32. The molecule has 0 unspecified atom stereocenters. The van der Waals surface area contributed by atoms with Crippen LogP contribution in [0.3, 0.4) is 0 Å². The second kappa shape index (κ2) is 4.48. The van der Waals surface area contributed by atoms with Gasteiger partial charge in [-0.1, -0.05) is 0 Å². The van der Waals surface area contributed by atoms with E-state index in [0.717, 1.165) is 12.8 Å². The number of carbonyl (C=O) groups excluding carboxylic acids is 2. The predicted molar refractivity (Wildman–Crippen MR) is 63.3 cm³/mol. The SMILES string of the molecule is O=C1CCCN1C(c1ccco1)N1CCCC1=O. The summed E-state index contributed by atoms with van der Waals surface area (Å²) in [6.45, 7) is 1.40. The highest BCUT2D eigenvalue weighted by molar-refractivity contribution is 5.81. The summed E-state index contributed by atoms with van der Waals surface area (Å²) in [5.74, 6) is 0.896. The molecule has 0 atom stereocenters. The number of hydrogen-bond acceptors (Lipinski definition) is 3. The first-order valence-corrected chi connectivity index (χ1v) is 6.40. The van der Waals surface area contributed by atoms with Gasteiger partial charge in [-0.25, -0.2) is 0 Å². The molecular formula is C13H16N2O3. The Morgan fingerprint density at radius 1 is 1.06 bits per heavy atom. The highest BCUT2D eigenvalue weighted by atomic mass is 16.3. The predicted octanol–water partition coefficient (Wildman–Crippen LogP) is 1.52. The molecule has 1 aromatic heterocycles. The summed E-state index contributed by atoms with van der Waals surface area (Å²) in [6.07, 6.45) is 4.10. The van der Waals surface area contributed by atoms with Crippen molar-refractivity contribution in [2.24, 2.45) is 0 Å². The van der Waals surface area contributed by atoms with E-state index in [4.69, 9.17) is 4.42 Å². The number of nitrogens with zero attached hydrogens (tertiary/aromatic N) is 2. The van der Waals surface area contributed by atoms with Crippen LogP contribution in [0, 0.1) is 0 Å². The topological polar surface area (TPSA) is 53.8 Å². The fourth-order valence-corrected chi connectivity index (χ4v) is 2.77. The molecule has 0 bridgehead atoms. The molecule has 2 saturated heterocycles. The number of carbonyl (C=O) groups is 2. The summed E-state index contributed by atoms with van der Waals surface area (Å²) in [4.78, 5) is 27.4. The van der Waals surface area contributed by atoms with Crippen molar-refractivity contribution < 1.29 is 14.0 Å². The van der Waals surface area contributed by atoms with Crippen LogP contribution in [-0.4, -0.2) is 34.7 Å². The molecule has 2 aliphatic heterocycles. The third-order valence-corrected chi connectivity index (χ3v) is 3.61. The zero-order chi connectivity index (χ0) is 12.5. The maximum atomic E-state index is 11.9. The molecule has 3 rings (SSSR count). The summed E-state index contributed by atoms with van der Waals surface area (Å²) in [5, 5.41) is 0. The smallest absolute Gasteiger partial charge is 0.224 e. The van der Waals surface area contributed by atoms with Crippen molar-refractivity contribution >= 4 is 11.8 Å². The highest BCUT2D eigenvalue weighted by Gasteiger charge is 2.38. The molecule has 0 spiro atoms. The van der Waals surface area contributed by atoms with E-state index in [-0.39, 0.29) is 18.0 Å². The lowest BCUT2D eigenvalue weighted by atomic mass is 10.3. The summed E-state index contributed by atoms with van der Waals surface area (Å²) in [6, 6.07) is 3.63. The molecule has 0 radical (unpaired) electrons. The van der Waals surface area contributed by atoms with Gasteiger partial charge in [0.15, 0.2) is 6.17 Å². The Kier molecular flexibility index (Phi) is 2.81. The van der Waals surface area contributed by atoms with Gasteiger partial charge in [-0.15, -0.1) is 0 Å². The van der Waals surface area contributed by atoms with Crippen LogP contribution in [0.4, 0.5) is 0 Å². The Morgan fingerprint density at radius 2 is 1.67 bits per heavy atom. The van der Waals surface area contributed by atoms with Crippen molar-refractivity contribution in [2.75, 3.05) is 13.1 Å². The minimum Gasteiger partial charge on any atom is -0.465 e. The normalized spacial score (nSPS) is 20.5. The van der Waals surface area contributed by atoms with Crippen LogP contribution in [0.2, 0.25) is 0 Å². The van der Waals surface area contributed by atoms with E-state index in [0.29, 0.717) is 31.7 Å². The molecule has 1 aromatic rings. The summed E-state index contributed by atoms with van der Waals surface area (Å²) < 4.78 is 5.43.